The minimum Gasteiger partial charge on any atom is -0.340 e. The molecule has 0 fully saturated rings. The predicted octanol–water partition coefficient (Wildman–Crippen LogP) is 9.15. The summed E-state index contributed by atoms with van der Waals surface area (Å²) in [6.45, 7) is 6.09. The molecule has 0 amide bonds. The highest BCUT2D eigenvalue weighted by atomic mass is 32.1. The van der Waals surface area contributed by atoms with Crippen LogP contribution in [0.3, 0.4) is 0 Å². The van der Waals surface area contributed by atoms with E-state index in [2.05, 4.69) is 131 Å². The predicted molar refractivity (Wildman–Crippen MR) is 194 cm³/mol. The molecule has 2 N–H and O–H groups in total. The van der Waals surface area contributed by atoms with Crippen LogP contribution in [0.1, 0.15) is 12.5 Å². The van der Waals surface area contributed by atoms with E-state index in [9.17, 15) is 0 Å². The summed E-state index contributed by atoms with van der Waals surface area (Å²) in [7, 11) is 0. The van der Waals surface area contributed by atoms with Crippen molar-refractivity contribution in [1.82, 2.24) is 9.13 Å². The molecule has 0 saturated heterocycles. The molecule has 0 spiro atoms. The van der Waals surface area contributed by atoms with E-state index >= 15 is 0 Å². The normalized spacial score (nSPS) is 12.6. The van der Waals surface area contributed by atoms with Crippen LogP contribution in [-0.4, -0.2) is 15.0 Å². The van der Waals surface area contributed by atoms with Crippen LogP contribution in [0.5, 0.6) is 0 Å². The fourth-order valence-corrected chi connectivity index (χ4v) is 7.48. The van der Waals surface area contributed by atoms with E-state index in [1.54, 1.807) is 0 Å². The fraction of sp³-hybridized carbons (Fsp3) is 0.0250. The Bertz CT molecular complexity index is 2530. The van der Waals surface area contributed by atoms with E-state index in [-0.39, 0.29) is 0 Å². The van der Waals surface area contributed by atoms with Crippen molar-refractivity contribution in [2.45, 2.75) is 6.92 Å². The largest absolute Gasteiger partial charge is 0.340 e. The summed E-state index contributed by atoms with van der Waals surface area (Å²) in [6.07, 6.45) is 8.35. The third-order valence-corrected chi connectivity index (χ3v) is 9.72. The molecule has 45 heavy (non-hydrogen) atoms. The van der Waals surface area contributed by atoms with Gasteiger partial charge in [-0.1, -0.05) is 73.3 Å². The first-order valence-corrected chi connectivity index (χ1v) is 15.8. The standard InChI is InChI=1S/C40H30N4S/c1-3-11-31-34-23-32-33-24-35-27(20-21-43(35)29-14-9-6-10-15-29)22-36(33)44(37(32)25-39(34)45-38(31)4-2)30-18-16-28(17-19-30)42-40(41)26-12-7-5-8-13-26/h3-25H,1H2,2H3,(H2,41,42)/b31-11-,38-4+. The summed E-state index contributed by atoms with van der Waals surface area (Å²) in [4.78, 5) is 0. The molecular formula is C40H30N4S. The van der Waals surface area contributed by atoms with Crippen LogP contribution in [-0.2, 0) is 0 Å². The summed E-state index contributed by atoms with van der Waals surface area (Å²) >= 11 is 1.82. The monoisotopic (exact) mass is 598 g/mol. The van der Waals surface area contributed by atoms with Gasteiger partial charge in [-0.25, -0.2) is 0 Å². The molecule has 3 heterocycles. The summed E-state index contributed by atoms with van der Waals surface area (Å²) in [5, 5.41) is 17.9. The molecule has 5 heteroatoms. The van der Waals surface area contributed by atoms with E-state index in [0.717, 1.165) is 28.1 Å². The van der Waals surface area contributed by atoms with Crippen molar-refractivity contribution >= 4 is 77.8 Å². The van der Waals surface area contributed by atoms with Gasteiger partial charge in [-0.2, -0.15) is 0 Å². The lowest BCUT2D eigenvalue weighted by Gasteiger charge is -2.12. The highest BCUT2D eigenvalue weighted by molar-refractivity contribution is 7.17. The number of allylic oxidation sites excluding steroid dienone is 1. The average Bonchev–Trinajstić information content (AvgIpc) is 3.75. The van der Waals surface area contributed by atoms with Gasteiger partial charge in [-0.15, -0.1) is 11.3 Å². The maximum atomic E-state index is 8.53. The Morgan fingerprint density at radius 2 is 1.47 bits per heavy atom. The van der Waals surface area contributed by atoms with Crippen molar-refractivity contribution in [3.8, 4) is 11.4 Å². The second-order valence-corrected chi connectivity index (χ2v) is 12.2. The molecule has 8 rings (SSSR count). The number of para-hydroxylation sites is 1. The Kier molecular flexibility index (Phi) is 6.47. The molecule has 3 aromatic heterocycles. The van der Waals surface area contributed by atoms with Crippen molar-refractivity contribution in [2.24, 2.45) is 0 Å². The molecule has 8 aromatic rings. The Morgan fingerprint density at radius 3 is 2.20 bits per heavy atom. The van der Waals surface area contributed by atoms with E-state index in [1.165, 1.54) is 47.0 Å². The maximum Gasteiger partial charge on any atom is 0.129 e. The fourth-order valence-electron chi connectivity index (χ4n) is 6.38. The van der Waals surface area contributed by atoms with Gasteiger partial charge in [0.2, 0.25) is 0 Å². The lowest BCUT2D eigenvalue weighted by atomic mass is 10.1. The lowest BCUT2D eigenvalue weighted by Crippen LogP contribution is -2.17. The molecule has 5 aromatic carbocycles. The summed E-state index contributed by atoms with van der Waals surface area (Å²) in [5.41, 5.74) is 7.46. The minimum absolute atomic E-state index is 0.376. The number of anilines is 1. The molecule has 0 radical (unpaired) electrons. The van der Waals surface area contributed by atoms with Crippen LogP contribution < -0.4 is 15.1 Å². The van der Waals surface area contributed by atoms with Crippen molar-refractivity contribution in [3.63, 3.8) is 0 Å². The summed E-state index contributed by atoms with van der Waals surface area (Å²) < 4.78 is 7.15. The number of nitrogens with zero attached hydrogens (tertiary/aromatic N) is 2. The van der Waals surface area contributed by atoms with E-state index < -0.39 is 0 Å². The van der Waals surface area contributed by atoms with Gasteiger partial charge in [0, 0.05) is 59.6 Å². The maximum absolute atomic E-state index is 8.53. The summed E-state index contributed by atoms with van der Waals surface area (Å²) in [5.74, 6) is 0.376. The highest BCUT2D eigenvalue weighted by Crippen LogP contribution is 2.38. The van der Waals surface area contributed by atoms with Crippen LogP contribution >= 0.6 is 11.3 Å². The van der Waals surface area contributed by atoms with Gasteiger partial charge in [-0.05, 0) is 78.9 Å². The Hall–Kier alpha value is -5.65. The summed E-state index contributed by atoms with van der Waals surface area (Å²) in [6, 6.07) is 40.2. The molecule has 0 unspecified atom stereocenters. The Labute approximate surface area is 264 Å². The van der Waals surface area contributed by atoms with Crippen LogP contribution in [0.25, 0.3) is 66.3 Å². The number of benzene rings is 5. The van der Waals surface area contributed by atoms with Crippen LogP contribution in [0.2, 0.25) is 0 Å². The molecule has 0 saturated carbocycles. The van der Waals surface area contributed by atoms with Gasteiger partial charge in [0.1, 0.15) is 5.84 Å². The first-order chi connectivity index (χ1) is 22.1. The second kappa shape index (κ2) is 10.8. The topological polar surface area (TPSA) is 45.7 Å². The van der Waals surface area contributed by atoms with Gasteiger partial charge in [0.15, 0.2) is 0 Å². The lowest BCUT2D eigenvalue weighted by molar-refractivity contribution is 1.13. The average molecular weight is 599 g/mol. The van der Waals surface area contributed by atoms with Crippen LogP contribution in [0.4, 0.5) is 5.69 Å². The van der Waals surface area contributed by atoms with E-state index in [4.69, 9.17) is 5.41 Å². The van der Waals surface area contributed by atoms with Gasteiger partial charge in [-0.3, -0.25) is 5.41 Å². The molecule has 216 valence electrons. The van der Waals surface area contributed by atoms with Gasteiger partial charge < -0.3 is 14.5 Å². The van der Waals surface area contributed by atoms with E-state index in [1.807, 2.05) is 47.7 Å². The Morgan fingerprint density at radius 1 is 0.756 bits per heavy atom. The number of rotatable bonds is 5. The van der Waals surface area contributed by atoms with Gasteiger partial charge in [0.25, 0.3) is 0 Å². The first-order valence-electron chi connectivity index (χ1n) is 15.0. The van der Waals surface area contributed by atoms with Crippen LogP contribution in [0, 0.1) is 5.41 Å². The number of thiophene rings is 1. The molecule has 0 aliphatic rings. The molecule has 0 bridgehead atoms. The van der Waals surface area contributed by atoms with Gasteiger partial charge in [0.05, 0.1) is 16.6 Å². The number of hydrogen-bond acceptors (Lipinski definition) is 2. The van der Waals surface area contributed by atoms with Gasteiger partial charge >= 0.3 is 0 Å². The SMILES string of the molecule is C=C/C=c1\c(=C/C)sc2cc3c(cc12)c1cc2c(ccn2-c2ccccc2)cc1n3-c1ccc(NC(=N)c2ccccc2)cc1. The highest BCUT2D eigenvalue weighted by Gasteiger charge is 2.17. The number of fused-ring (bicyclic) bond motifs is 5. The zero-order valence-corrected chi connectivity index (χ0v) is 25.6. The van der Waals surface area contributed by atoms with Crippen molar-refractivity contribution in [3.05, 3.63) is 149 Å². The molecular weight excluding hydrogens is 569 g/mol. The molecule has 0 aliphatic heterocycles. The smallest absolute Gasteiger partial charge is 0.129 e. The number of hydrogen-bond donors (Lipinski definition) is 2. The Balaban J connectivity index is 1.36. The number of amidine groups is 1. The van der Waals surface area contributed by atoms with Crippen molar-refractivity contribution in [1.29, 1.82) is 5.41 Å². The molecule has 4 nitrogen and oxygen atoms in total. The number of nitrogens with one attached hydrogen (secondary N) is 2. The molecule has 0 atom stereocenters. The third kappa shape index (κ3) is 4.48. The third-order valence-electron chi connectivity index (χ3n) is 8.49. The first kappa shape index (κ1) is 26.9. The van der Waals surface area contributed by atoms with E-state index in [0.29, 0.717) is 5.84 Å². The van der Waals surface area contributed by atoms with Crippen molar-refractivity contribution < 1.29 is 0 Å². The minimum atomic E-state index is 0.376. The number of aromatic nitrogens is 2. The second-order valence-electron chi connectivity index (χ2n) is 11.1. The molecule has 0 aliphatic carbocycles. The zero-order valence-electron chi connectivity index (χ0n) is 24.8. The van der Waals surface area contributed by atoms with Crippen LogP contribution in [0.15, 0.2) is 134 Å². The quantitative estimate of drug-likeness (QED) is 0.151. The van der Waals surface area contributed by atoms with Crippen molar-refractivity contribution in [2.75, 3.05) is 5.32 Å². The zero-order chi connectivity index (χ0) is 30.5.